The third-order valence-corrected chi connectivity index (χ3v) is 6.44. The predicted molar refractivity (Wildman–Crippen MR) is 116 cm³/mol. The Labute approximate surface area is 178 Å². The Hall–Kier alpha value is -2.27. The molecule has 0 N–H and O–H groups in total. The summed E-state index contributed by atoms with van der Waals surface area (Å²) in [5.41, 5.74) is 4.07. The van der Waals surface area contributed by atoms with Crippen LogP contribution in [0, 0.1) is 18.3 Å². The highest BCUT2D eigenvalue weighted by atomic mass is 16.6. The minimum absolute atomic E-state index is 0.0348. The van der Waals surface area contributed by atoms with Gasteiger partial charge in [0.2, 0.25) is 0 Å². The third kappa shape index (κ3) is 4.13. The molecule has 3 aliphatic rings. The van der Waals surface area contributed by atoms with E-state index in [1.54, 1.807) is 0 Å². The van der Waals surface area contributed by atoms with Crippen LogP contribution in [-0.2, 0) is 19.1 Å². The van der Waals surface area contributed by atoms with Crippen molar-refractivity contribution >= 4 is 17.5 Å². The molecule has 0 bridgehead atoms. The summed E-state index contributed by atoms with van der Waals surface area (Å²) in [7, 11) is 0. The lowest BCUT2D eigenvalue weighted by atomic mass is 9.63. The maximum atomic E-state index is 13.3. The van der Waals surface area contributed by atoms with Gasteiger partial charge in [-0.2, -0.15) is 0 Å². The van der Waals surface area contributed by atoms with Crippen molar-refractivity contribution in [1.82, 2.24) is 0 Å². The fourth-order valence-electron chi connectivity index (χ4n) is 5.01. The molecule has 1 aromatic rings. The number of hydrogen-bond acceptors (Lipinski definition) is 5. The molecule has 1 saturated heterocycles. The number of aryl methyl sites for hydroxylation is 1. The quantitative estimate of drug-likeness (QED) is 0.685. The van der Waals surface area contributed by atoms with Crippen LogP contribution in [0.5, 0.6) is 0 Å². The largest absolute Gasteiger partial charge is 0.460 e. The monoisotopic (exact) mass is 409 g/mol. The Morgan fingerprint density at radius 2 is 1.90 bits per heavy atom. The molecule has 2 aliphatic heterocycles. The molecule has 4 rings (SSSR count). The Bertz CT molecular complexity index is 904. The van der Waals surface area contributed by atoms with Crippen molar-refractivity contribution in [3.63, 3.8) is 0 Å². The maximum absolute atomic E-state index is 13.3. The van der Waals surface area contributed by atoms with Crippen LogP contribution in [0.15, 0.2) is 40.5 Å². The zero-order valence-corrected chi connectivity index (χ0v) is 18.4. The molecule has 1 aromatic carbocycles. The Balaban J connectivity index is 1.71. The molecule has 160 valence electrons. The Morgan fingerprint density at radius 1 is 1.17 bits per heavy atom. The molecule has 0 radical (unpaired) electrons. The summed E-state index contributed by atoms with van der Waals surface area (Å²) in [4.78, 5) is 31.2. The molecule has 2 heterocycles. The van der Waals surface area contributed by atoms with Crippen LogP contribution in [-0.4, -0.2) is 36.8 Å². The maximum Gasteiger partial charge on any atom is 0.336 e. The number of fused-ring (bicyclic) bond motifs is 1. The zero-order valence-electron chi connectivity index (χ0n) is 18.4. The third-order valence-electron chi connectivity index (χ3n) is 6.44. The number of benzene rings is 1. The van der Waals surface area contributed by atoms with Crippen molar-refractivity contribution in [1.29, 1.82) is 0 Å². The molecule has 1 saturated carbocycles. The van der Waals surface area contributed by atoms with Gasteiger partial charge in [0.05, 0.1) is 17.6 Å². The number of hydrogen-bond donors (Lipinski definition) is 0. The summed E-state index contributed by atoms with van der Waals surface area (Å²) in [6.45, 7) is 9.07. The second-order valence-corrected chi connectivity index (χ2v) is 9.69. The van der Waals surface area contributed by atoms with E-state index in [2.05, 4.69) is 13.8 Å². The summed E-state index contributed by atoms with van der Waals surface area (Å²) >= 11 is 0. The second-order valence-electron chi connectivity index (χ2n) is 9.69. The van der Waals surface area contributed by atoms with Crippen LogP contribution in [0.4, 0.5) is 0 Å². The van der Waals surface area contributed by atoms with E-state index in [0.717, 1.165) is 42.7 Å². The highest BCUT2D eigenvalue weighted by Crippen LogP contribution is 2.47. The van der Waals surface area contributed by atoms with E-state index in [1.807, 2.05) is 38.1 Å². The van der Waals surface area contributed by atoms with Crippen LogP contribution in [0.2, 0.25) is 0 Å². The van der Waals surface area contributed by atoms with Crippen LogP contribution < -0.4 is 0 Å². The molecule has 30 heavy (non-hydrogen) atoms. The first kappa shape index (κ1) is 21.0. The average Bonchev–Trinajstić information content (AvgIpc) is 3.18. The van der Waals surface area contributed by atoms with Crippen molar-refractivity contribution in [3.8, 4) is 0 Å². The van der Waals surface area contributed by atoms with Crippen LogP contribution in [0.25, 0.3) is 0 Å². The number of aliphatic imine (C=N–C) groups is 1. The lowest BCUT2D eigenvalue weighted by Gasteiger charge is -2.41. The number of esters is 1. The summed E-state index contributed by atoms with van der Waals surface area (Å²) in [6.07, 6.45) is 3.13. The minimum atomic E-state index is -0.394. The molecule has 3 atom stereocenters. The van der Waals surface area contributed by atoms with E-state index in [4.69, 9.17) is 14.5 Å². The van der Waals surface area contributed by atoms with Crippen LogP contribution in [0.1, 0.15) is 63.5 Å². The summed E-state index contributed by atoms with van der Waals surface area (Å²) in [6, 6.07) is 8.11. The van der Waals surface area contributed by atoms with E-state index in [-0.39, 0.29) is 35.8 Å². The Morgan fingerprint density at radius 3 is 2.57 bits per heavy atom. The topological polar surface area (TPSA) is 65.0 Å². The van der Waals surface area contributed by atoms with Gasteiger partial charge in [-0.1, -0.05) is 43.7 Å². The van der Waals surface area contributed by atoms with Crippen molar-refractivity contribution in [2.45, 2.75) is 65.4 Å². The fraction of sp³-hybridized carbons (Fsp3) is 0.560. The van der Waals surface area contributed by atoms with Crippen LogP contribution in [0.3, 0.4) is 0 Å². The van der Waals surface area contributed by atoms with E-state index < -0.39 is 5.92 Å². The van der Waals surface area contributed by atoms with Crippen molar-refractivity contribution in [2.24, 2.45) is 16.3 Å². The minimum Gasteiger partial charge on any atom is -0.460 e. The molecule has 0 spiro atoms. The molecular formula is C25H31NO4. The van der Waals surface area contributed by atoms with Gasteiger partial charge < -0.3 is 9.47 Å². The second kappa shape index (κ2) is 8.10. The van der Waals surface area contributed by atoms with Gasteiger partial charge in [-0.05, 0) is 44.1 Å². The van der Waals surface area contributed by atoms with E-state index in [1.165, 1.54) is 0 Å². The first-order valence-electron chi connectivity index (χ1n) is 10.9. The lowest BCUT2D eigenvalue weighted by molar-refractivity contribution is -0.142. The average molecular weight is 410 g/mol. The number of Topliss-reactive ketones (excluding diaryl/α,β-unsaturated/α-hetero) is 1. The number of carbonyl (C=O) groups is 2. The molecule has 0 amide bonds. The Kier molecular flexibility index (Phi) is 5.67. The lowest BCUT2D eigenvalue weighted by Crippen LogP contribution is -2.44. The molecule has 0 aromatic heterocycles. The fourth-order valence-corrected chi connectivity index (χ4v) is 5.01. The van der Waals surface area contributed by atoms with E-state index in [9.17, 15) is 9.59 Å². The number of carbonyl (C=O) groups excluding carboxylic acids is 2. The van der Waals surface area contributed by atoms with Gasteiger partial charge in [-0.25, -0.2) is 4.79 Å². The number of rotatable bonds is 4. The van der Waals surface area contributed by atoms with Gasteiger partial charge in [-0.15, -0.1) is 0 Å². The van der Waals surface area contributed by atoms with E-state index in [0.29, 0.717) is 17.7 Å². The standard InChI is InChI=1S/C25H31NO4/c1-15-7-9-17(10-8-15)22-21(24(28)30-14-18-6-5-11-29-18)16(2)26-19-12-25(3,4)13-20(27)23(19)22/h7-10,18,22-23H,5-6,11-14H2,1-4H3/t18-,22-,23?/m0/s1. The summed E-state index contributed by atoms with van der Waals surface area (Å²) in [5.74, 6) is -0.963. The SMILES string of the molecule is CC1=C(C(=O)OC[C@@H]2CCCO2)[C@H](c2ccc(C)cc2)C2C(=O)CC(C)(C)CC2=N1. The molecule has 1 aliphatic carbocycles. The van der Waals surface area contributed by atoms with Crippen molar-refractivity contribution in [3.05, 3.63) is 46.7 Å². The molecular weight excluding hydrogens is 378 g/mol. The first-order valence-corrected chi connectivity index (χ1v) is 10.9. The molecule has 5 nitrogen and oxygen atoms in total. The highest BCUT2D eigenvalue weighted by molar-refractivity contribution is 6.12. The molecule has 5 heteroatoms. The highest BCUT2D eigenvalue weighted by Gasteiger charge is 2.47. The smallest absolute Gasteiger partial charge is 0.336 e. The number of nitrogens with zero attached hydrogens (tertiary/aromatic N) is 1. The van der Waals surface area contributed by atoms with Crippen LogP contribution >= 0.6 is 0 Å². The number of allylic oxidation sites excluding steroid dienone is 1. The van der Waals surface area contributed by atoms with Crippen molar-refractivity contribution in [2.75, 3.05) is 13.2 Å². The normalized spacial score (nSPS) is 28.2. The van der Waals surface area contributed by atoms with E-state index >= 15 is 0 Å². The van der Waals surface area contributed by atoms with Gasteiger partial charge >= 0.3 is 5.97 Å². The van der Waals surface area contributed by atoms with Gasteiger partial charge in [0.15, 0.2) is 0 Å². The number of ketones is 1. The first-order chi connectivity index (χ1) is 14.2. The summed E-state index contributed by atoms with van der Waals surface area (Å²) in [5, 5.41) is 0. The molecule has 2 fully saturated rings. The number of ether oxygens (including phenoxy) is 2. The zero-order chi connectivity index (χ0) is 21.5. The van der Waals surface area contributed by atoms with Gasteiger partial charge in [-0.3, -0.25) is 9.79 Å². The van der Waals surface area contributed by atoms with Crippen molar-refractivity contribution < 1.29 is 19.1 Å². The molecule has 1 unspecified atom stereocenters. The van der Waals surface area contributed by atoms with Gasteiger partial charge in [0.1, 0.15) is 12.4 Å². The summed E-state index contributed by atoms with van der Waals surface area (Å²) < 4.78 is 11.3. The van der Waals surface area contributed by atoms with Gasteiger partial charge in [0, 0.05) is 30.4 Å². The predicted octanol–water partition coefficient (Wildman–Crippen LogP) is 4.53. The van der Waals surface area contributed by atoms with Gasteiger partial charge in [0.25, 0.3) is 0 Å².